The molecule has 0 aliphatic heterocycles. The summed E-state index contributed by atoms with van der Waals surface area (Å²) in [5.74, 6) is -1.59. The normalized spacial score (nSPS) is 11.8. The van der Waals surface area contributed by atoms with E-state index in [9.17, 15) is 14.7 Å². The van der Waals surface area contributed by atoms with E-state index in [0.717, 1.165) is 34.1 Å². The van der Waals surface area contributed by atoms with Crippen molar-refractivity contribution in [1.82, 2.24) is 4.57 Å². The van der Waals surface area contributed by atoms with Crippen molar-refractivity contribution in [2.45, 2.75) is 26.4 Å². The lowest BCUT2D eigenvalue weighted by Gasteiger charge is -2.17. The highest BCUT2D eigenvalue weighted by molar-refractivity contribution is 5.87. The molecule has 0 atom stereocenters. The number of benzene rings is 2. The first kappa shape index (κ1) is 21.8. The van der Waals surface area contributed by atoms with Crippen LogP contribution in [0, 0.1) is 0 Å². The maximum absolute atomic E-state index is 11.8. The molecule has 0 radical (unpaired) electrons. The average Bonchev–Trinajstić information content (AvgIpc) is 3.20. The predicted molar refractivity (Wildman–Crippen MR) is 120 cm³/mol. The zero-order valence-electron chi connectivity index (χ0n) is 17.7. The predicted octanol–water partition coefficient (Wildman–Crippen LogP) is 4.26. The van der Waals surface area contributed by atoms with Crippen molar-refractivity contribution >= 4 is 24.1 Å². The van der Waals surface area contributed by atoms with Crippen LogP contribution < -0.4 is 5.11 Å². The van der Waals surface area contributed by atoms with Gasteiger partial charge in [0.25, 0.3) is 0 Å². The molecule has 2 aromatic carbocycles. The Hall–Kier alpha value is -3.86. The van der Waals surface area contributed by atoms with Crippen LogP contribution in [0.4, 0.5) is 0 Å². The van der Waals surface area contributed by atoms with Gasteiger partial charge in [-0.3, -0.25) is 0 Å². The van der Waals surface area contributed by atoms with Gasteiger partial charge in [-0.15, -0.1) is 0 Å². The number of aromatic nitrogens is 1. The van der Waals surface area contributed by atoms with Crippen LogP contribution in [0.25, 0.3) is 29.1 Å². The summed E-state index contributed by atoms with van der Waals surface area (Å²) in [7, 11) is 0. The van der Waals surface area contributed by atoms with E-state index in [2.05, 4.69) is 4.57 Å². The Morgan fingerprint density at radius 1 is 0.871 bits per heavy atom. The molecule has 31 heavy (non-hydrogen) atoms. The number of aliphatic carboxylic acids is 1. The summed E-state index contributed by atoms with van der Waals surface area (Å²) in [6, 6.07) is 19.4. The molecule has 5 heteroatoms. The summed E-state index contributed by atoms with van der Waals surface area (Å²) in [5, 5.41) is 10.6. The van der Waals surface area contributed by atoms with Gasteiger partial charge in [-0.25, -0.2) is 4.79 Å². The molecule has 158 valence electrons. The minimum absolute atomic E-state index is 0.373. The standard InChI is InChI=1S/C26H25NO4/c1-26(2,3)31-25(30)17-11-20-8-14-22(15-9-20)27-18-4-5-23(27)21-12-6-19(7-13-21)10-16-24(28)29/h4-18H,1-3H3,(H,28,29)/p-1/b16-10+,17-11+. The lowest BCUT2D eigenvalue weighted by atomic mass is 10.1. The maximum atomic E-state index is 11.8. The second-order valence-corrected chi connectivity index (χ2v) is 8.00. The van der Waals surface area contributed by atoms with Gasteiger partial charge in [0.15, 0.2) is 0 Å². The number of carbonyl (C=O) groups excluding carboxylic acids is 2. The Kier molecular flexibility index (Phi) is 6.55. The third-order valence-electron chi connectivity index (χ3n) is 4.36. The summed E-state index contributed by atoms with van der Waals surface area (Å²) in [6.45, 7) is 5.50. The van der Waals surface area contributed by atoms with Crippen LogP contribution in [0.15, 0.2) is 79.0 Å². The molecule has 0 unspecified atom stereocenters. The fourth-order valence-electron chi connectivity index (χ4n) is 3.02. The highest BCUT2D eigenvalue weighted by Crippen LogP contribution is 2.25. The number of nitrogens with zero attached hydrogens (tertiary/aromatic N) is 1. The number of carbonyl (C=O) groups is 2. The summed E-state index contributed by atoms with van der Waals surface area (Å²) < 4.78 is 7.34. The monoisotopic (exact) mass is 414 g/mol. The molecular weight excluding hydrogens is 390 g/mol. The van der Waals surface area contributed by atoms with Gasteiger partial charge in [-0.1, -0.05) is 42.5 Å². The van der Waals surface area contributed by atoms with E-state index in [-0.39, 0.29) is 5.97 Å². The Labute approximate surface area is 181 Å². The molecule has 1 aromatic heterocycles. The molecule has 0 bridgehead atoms. The molecule has 0 fully saturated rings. The molecule has 0 spiro atoms. The summed E-state index contributed by atoms with van der Waals surface area (Å²) in [5.41, 5.74) is 4.16. The van der Waals surface area contributed by atoms with Crippen LogP contribution in [0.2, 0.25) is 0 Å². The zero-order valence-corrected chi connectivity index (χ0v) is 17.7. The lowest BCUT2D eigenvalue weighted by Crippen LogP contribution is -2.22. The molecular formula is C26H24NO4-. The van der Waals surface area contributed by atoms with Gasteiger partial charge in [0.05, 0.1) is 11.7 Å². The lowest BCUT2D eigenvalue weighted by molar-refractivity contribution is -0.297. The van der Waals surface area contributed by atoms with Gasteiger partial charge in [-0.2, -0.15) is 0 Å². The van der Waals surface area contributed by atoms with E-state index in [1.807, 2.05) is 87.6 Å². The van der Waals surface area contributed by atoms with E-state index >= 15 is 0 Å². The molecule has 3 rings (SSSR count). The van der Waals surface area contributed by atoms with E-state index in [4.69, 9.17) is 4.74 Å². The van der Waals surface area contributed by atoms with Crippen LogP contribution in [0.3, 0.4) is 0 Å². The summed E-state index contributed by atoms with van der Waals surface area (Å²) in [6.07, 6.45) is 7.65. The van der Waals surface area contributed by atoms with Crippen LogP contribution >= 0.6 is 0 Å². The fourth-order valence-corrected chi connectivity index (χ4v) is 3.02. The summed E-state index contributed by atoms with van der Waals surface area (Å²) >= 11 is 0. The average molecular weight is 414 g/mol. The third-order valence-corrected chi connectivity index (χ3v) is 4.36. The molecule has 0 aliphatic rings. The van der Waals surface area contributed by atoms with Crippen molar-refractivity contribution < 1.29 is 19.4 Å². The molecule has 0 saturated heterocycles. The Bertz CT molecular complexity index is 1110. The van der Waals surface area contributed by atoms with Gasteiger partial charge in [0.2, 0.25) is 0 Å². The van der Waals surface area contributed by atoms with E-state index in [0.29, 0.717) is 0 Å². The number of hydrogen-bond donors (Lipinski definition) is 0. The van der Waals surface area contributed by atoms with Crippen molar-refractivity contribution in [2.24, 2.45) is 0 Å². The Morgan fingerprint density at radius 3 is 2.03 bits per heavy atom. The van der Waals surface area contributed by atoms with E-state index < -0.39 is 11.6 Å². The third kappa shape index (κ3) is 6.31. The Balaban J connectivity index is 1.76. The molecule has 3 aromatic rings. The largest absolute Gasteiger partial charge is 0.545 e. The maximum Gasteiger partial charge on any atom is 0.331 e. The summed E-state index contributed by atoms with van der Waals surface area (Å²) in [4.78, 5) is 22.4. The topological polar surface area (TPSA) is 71.4 Å². The van der Waals surface area contributed by atoms with Crippen molar-refractivity contribution in [3.05, 3.63) is 90.1 Å². The fraction of sp³-hybridized carbons (Fsp3) is 0.154. The number of esters is 1. The minimum Gasteiger partial charge on any atom is -0.545 e. The van der Waals surface area contributed by atoms with Crippen molar-refractivity contribution in [3.63, 3.8) is 0 Å². The van der Waals surface area contributed by atoms with Gasteiger partial charge in [0, 0.05) is 18.0 Å². The van der Waals surface area contributed by atoms with Crippen LogP contribution in [-0.4, -0.2) is 22.1 Å². The van der Waals surface area contributed by atoms with Gasteiger partial charge in [-0.05, 0) is 73.9 Å². The van der Waals surface area contributed by atoms with E-state index in [1.54, 1.807) is 6.08 Å². The Morgan fingerprint density at radius 2 is 1.45 bits per heavy atom. The number of rotatable bonds is 6. The van der Waals surface area contributed by atoms with Gasteiger partial charge < -0.3 is 19.2 Å². The van der Waals surface area contributed by atoms with Crippen molar-refractivity contribution in [3.8, 4) is 16.9 Å². The molecule has 0 amide bonds. The van der Waals surface area contributed by atoms with E-state index in [1.165, 1.54) is 12.2 Å². The molecule has 0 saturated carbocycles. The smallest absolute Gasteiger partial charge is 0.331 e. The number of carboxylic acids is 1. The number of carboxylic acid groups (broad SMARTS) is 1. The first-order valence-corrected chi connectivity index (χ1v) is 9.90. The SMILES string of the molecule is CC(C)(C)OC(=O)/C=C/c1ccc(-n2cccc2-c2ccc(/C=C/C(=O)[O-])cc2)cc1. The molecule has 1 heterocycles. The zero-order chi connectivity index (χ0) is 22.4. The second kappa shape index (κ2) is 9.30. The van der Waals surface area contributed by atoms with Crippen molar-refractivity contribution in [1.29, 1.82) is 0 Å². The van der Waals surface area contributed by atoms with Crippen LogP contribution in [0.5, 0.6) is 0 Å². The first-order valence-electron chi connectivity index (χ1n) is 9.90. The van der Waals surface area contributed by atoms with Crippen LogP contribution in [0.1, 0.15) is 31.9 Å². The first-order chi connectivity index (χ1) is 14.7. The van der Waals surface area contributed by atoms with Gasteiger partial charge >= 0.3 is 5.97 Å². The van der Waals surface area contributed by atoms with Gasteiger partial charge in [0.1, 0.15) is 5.60 Å². The number of hydrogen-bond acceptors (Lipinski definition) is 4. The highest BCUT2D eigenvalue weighted by Gasteiger charge is 2.13. The quantitative estimate of drug-likeness (QED) is 0.446. The highest BCUT2D eigenvalue weighted by atomic mass is 16.6. The number of ether oxygens (including phenoxy) is 1. The minimum atomic E-state index is -1.22. The molecule has 5 nitrogen and oxygen atoms in total. The van der Waals surface area contributed by atoms with Crippen molar-refractivity contribution in [2.75, 3.05) is 0 Å². The second-order valence-electron chi connectivity index (χ2n) is 8.00. The molecule has 0 N–H and O–H groups in total. The molecule has 0 aliphatic carbocycles. The van der Waals surface area contributed by atoms with Crippen LogP contribution in [-0.2, 0) is 14.3 Å².